The molecule has 2 heterocycles. The second-order valence-corrected chi connectivity index (χ2v) is 5.55. The highest BCUT2D eigenvalue weighted by Crippen LogP contribution is 2.19. The third-order valence-electron chi connectivity index (χ3n) is 3.60. The minimum Gasteiger partial charge on any atom is -0.364 e. The molecular weight excluding hydrogens is 276 g/mol. The van der Waals surface area contributed by atoms with Gasteiger partial charge in [-0.3, -0.25) is 14.5 Å². The van der Waals surface area contributed by atoms with Crippen molar-refractivity contribution in [2.75, 3.05) is 13.6 Å². The van der Waals surface area contributed by atoms with Crippen LogP contribution >= 0.6 is 0 Å². The predicted octanol–water partition coefficient (Wildman–Crippen LogP) is 0.524. The van der Waals surface area contributed by atoms with E-state index in [-0.39, 0.29) is 18.5 Å². The number of urea groups is 1. The number of nitrogens with one attached hydrogen (secondary N) is 1. The zero-order valence-corrected chi connectivity index (χ0v) is 12.4. The van der Waals surface area contributed by atoms with Crippen LogP contribution in [0.3, 0.4) is 0 Å². The monoisotopic (exact) mass is 294 g/mol. The molecule has 0 radical (unpaired) electrons. The smallest absolute Gasteiger partial charge is 0.325 e. The van der Waals surface area contributed by atoms with Crippen LogP contribution in [0, 0.1) is 0 Å². The summed E-state index contributed by atoms with van der Waals surface area (Å²) >= 11 is 0. The maximum atomic E-state index is 12.2. The van der Waals surface area contributed by atoms with Gasteiger partial charge in [-0.25, -0.2) is 4.79 Å². The number of amides is 4. The zero-order chi connectivity index (χ0) is 15.8. The molecule has 1 saturated heterocycles. The molecule has 2 rings (SSSR count). The summed E-state index contributed by atoms with van der Waals surface area (Å²) in [4.78, 5) is 38.4. The maximum absolute atomic E-state index is 12.2. The minimum absolute atomic E-state index is 0.299. The van der Waals surface area contributed by atoms with Crippen molar-refractivity contribution in [2.45, 2.75) is 32.4 Å². The number of hydrogen-bond donors (Lipinski definition) is 1. The Morgan fingerprint density at radius 3 is 2.67 bits per heavy atom. The molecule has 0 aliphatic carbocycles. The lowest BCUT2D eigenvalue weighted by atomic mass is 10.1. The summed E-state index contributed by atoms with van der Waals surface area (Å²) in [5, 5.41) is 6.31. The van der Waals surface area contributed by atoms with Crippen LogP contribution in [0.1, 0.15) is 32.5 Å². The molecule has 0 saturated carbocycles. The average Bonchev–Trinajstić information content (AvgIpc) is 3.00. The topological polar surface area (TPSA) is 95.8 Å². The van der Waals surface area contributed by atoms with Crippen LogP contribution in [-0.4, -0.2) is 51.9 Å². The molecule has 8 heteroatoms. The van der Waals surface area contributed by atoms with Crippen LogP contribution in [0.15, 0.2) is 16.9 Å². The number of likely N-dealkylation sites (N-methyl/N-ethyl adjacent to an activating group) is 1. The second-order valence-electron chi connectivity index (χ2n) is 5.55. The molecule has 114 valence electrons. The van der Waals surface area contributed by atoms with E-state index in [0.717, 1.165) is 4.90 Å². The number of carbonyl (C=O) groups excluding carboxylic acids is 3. The lowest BCUT2D eigenvalue weighted by Gasteiger charge is -2.25. The fourth-order valence-corrected chi connectivity index (χ4v) is 2.06. The Morgan fingerprint density at radius 2 is 2.19 bits per heavy atom. The van der Waals surface area contributed by atoms with Crippen LogP contribution in [0.25, 0.3) is 0 Å². The molecule has 8 nitrogen and oxygen atoms in total. The van der Waals surface area contributed by atoms with Gasteiger partial charge in [0.25, 0.3) is 5.91 Å². The van der Waals surface area contributed by atoms with Crippen LogP contribution in [-0.2, 0) is 9.59 Å². The molecule has 0 aromatic carbocycles. The number of aromatic nitrogens is 1. The van der Waals surface area contributed by atoms with E-state index in [1.807, 2.05) is 0 Å². The largest absolute Gasteiger partial charge is 0.364 e. The summed E-state index contributed by atoms with van der Waals surface area (Å²) in [6, 6.07) is 0.788. The first-order chi connectivity index (χ1) is 9.74. The molecular formula is C13H18N4O4. The highest BCUT2D eigenvalue weighted by molar-refractivity contribution is 6.08. The van der Waals surface area contributed by atoms with Crippen LogP contribution in [0.4, 0.5) is 4.79 Å². The van der Waals surface area contributed by atoms with Crippen molar-refractivity contribution in [3.63, 3.8) is 0 Å². The zero-order valence-electron chi connectivity index (χ0n) is 12.4. The van der Waals surface area contributed by atoms with Gasteiger partial charge < -0.3 is 14.7 Å². The fraction of sp³-hybridized carbons (Fsp3) is 0.538. The van der Waals surface area contributed by atoms with Gasteiger partial charge in [0.05, 0.1) is 6.04 Å². The van der Waals surface area contributed by atoms with E-state index in [0.29, 0.717) is 5.69 Å². The summed E-state index contributed by atoms with van der Waals surface area (Å²) in [7, 11) is 1.59. The molecule has 1 aromatic rings. The Hall–Kier alpha value is -2.38. The number of carbonyl (C=O) groups is 3. The lowest BCUT2D eigenvalue weighted by Crippen LogP contribution is -2.44. The van der Waals surface area contributed by atoms with Crippen molar-refractivity contribution in [1.82, 2.24) is 20.3 Å². The Balaban J connectivity index is 2.05. The highest BCUT2D eigenvalue weighted by atomic mass is 16.5. The van der Waals surface area contributed by atoms with Crippen LogP contribution in [0.2, 0.25) is 0 Å². The van der Waals surface area contributed by atoms with Gasteiger partial charge in [0.1, 0.15) is 24.0 Å². The maximum Gasteiger partial charge on any atom is 0.325 e. The van der Waals surface area contributed by atoms with Gasteiger partial charge in [0.2, 0.25) is 5.91 Å². The minimum atomic E-state index is -0.979. The van der Waals surface area contributed by atoms with Crippen molar-refractivity contribution in [3.05, 3.63) is 18.0 Å². The number of rotatable bonds is 4. The van der Waals surface area contributed by atoms with Gasteiger partial charge in [-0.1, -0.05) is 5.16 Å². The van der Waals surface area contributed by atoms with E-state index in [4.69, 9.17) is 4.52 Å². The SMILES string of the molecule is CC(c1ccon1)N(C)C(=O)CN1C(=O)NC(C)(C)C1=O. The molecule has 21 heavy (non-hydrogen) atoms. The van der Waals surface area contributed by atoms with Crippen molar-refractivity contribution in [3.8, 4) is 0 Å². The van der Waals surface area contributed by atoms with E-state index in [2.05, 4.69) is 10.5 Å². The molecule has 4 amide bonds. The molecule has 0 spiro atoms. The third-order valence-corrected chi connectivity index (χ3v) is 3.60. The first-order valence-corrected chi connectivity index (χ1v) is 6.54. The Kier molecular flexibility index (Phi) is 3.71. The van der Waals surface area contributed by atoms with Crippen molar-refractivity contribution in [2.24, 2.45) is 0 Å². The average molecular weight is 294 g/mol. The predicted molar refractivity (Wildman–Crippen MR) is 72.0 cm³/mol. The quantitative estimate of drug-likeness (QED) is 0.817. The van der Waals surface area contributed by atoms with E-state index < -0.39 is 17.5 Å². The fourth-order valence-electron chi connectivity index (χ4n) is 2.06. The van der Waals surface area contributed by atoms with Crippen molar-refractivity contribution >= 4 is 17.8 Å². The number of imide groups is 1. The van der Waals surface area contributed by atoms with E-state index in [9.17, 15) is 14.4 Å². The number of nitrogens with zero attached hydrogens (tertiary/aromatic N) is 3. The van der Waals surface area contributed by atoms with Gasteiger partial charge in [0, 0.05) is 13.1 Å². The van der Waals surface area contributed by atoms with Crippen molar-refractivity contribution < 1.29 is 18.9 Å². The summed E-state index contributed by atoms with van der Waals surface area (Å²) in [6.45, 7) is 4.68. The first-order valence-electron chi connectivity index (χ1n) is 6.54. The second kappa shape index (κ2) is 5.19. The molecule has 1 unspecified atom stereocenters. The summed E-state index contributed by atoms with van der Waals surface area (Å²) < 4.78 is 4.74. The van der Waals surface area contributed by atoms with Gasteiger partial charge in [-0.05, 0) is 20.8 Å². The molecule has 1 aromatic heterocycles. The molecule has 0 bridgehead atoms. The lowest BCUT2D eigenvalue weighted by molar-refractivity contribution is -0.138. The van der Waals surface area contributed by atoms with Crippen molar-refractivity contribution in [1.29, 1.82) is 0 Å². The summed E-state index contributed by atoms with van der Waals surface area (Å²) in [5.41, 5.74) is -0.378. The summed E-state index contributed by atoms with van der Waals surface area (Å²) in [5.74, 6) is -0.768. The van der Waals surface area contributed by atoms with Gasteiger partial charge >= 0.3 is 6.03 Å². The molecule has 1 aliphatic heterocycles. The Morgan fingerprint density at radius 1 is 1.52 bits per heavy atom. The van der Waals surface area contributed by atoms with Crippen LogP contribution < -0.4 is 5.32 Å². The van der Waals surface area contributed by atoms with Crippen LogP contribution in [0.5, 0.6) is 0 Å². The van der Waals surface area contributed by atoms with Gasteiger partial charge in [-0.2, -0.15) is 0 Å². The highest BCUT2D eigenvalue weighted by Gasteiger charge is 2.45. The summed E-state index contributed by atoms with van der Waals surface area (Å²) in [6.07, 6.45) is 1.42. The Bertz CT molecular complexity index is 567. The van der Waals surface area contributed by atoms with E-state index >= 15 is 0 Å². The first kappa shape index (κ1) is 15.0. The molecule has 1 atom stereocenters. The van der Waals surface area contributed by atoms with Gasteiger partial charge in [-0.15, -0.1) is 0 Å². The van der Waals surface area contributed by atoms with E-state index in [1.165, 1.54) is 11.2 Å². The van der Waals surface area contributed by atoms with E-state index in [1.54, 1.807) is 33.9 Å². The van der Waals surface area contributed by atoms with Gasteiger partial charge in [0.15, 0.2) is 0 Å². The molecule has 1 fully saturated rings. The third kappa shape index (κ3) is 2.74. The molecule has 1 aliphatic rings. The normalized spacial score (nSPS) is 18.6. The standard InChI is InChI=1S/C13H18N4O4/c1-8(9-5-6-21-15-9)16(4)10(18)7-17-11(19)13(2,3)14-12(17)20/h5-6,8H,7H2,1-4H3,(H,14,20). The number of hydrogen-bond acceptors (Lipinski definition) is 5. The Labute approximate surface area is 122 Å². The molecule has 1 N–H and O–H groups in total.